The lowest BCUT2D eigenvalue weighted by Gasteiger charge is -2.17. The molecule has 5 heteroatoms. The molecule has 264 valence electrons. The Labute approximate surface area is 325 Å². The summed E-state index contributed by atoms with van der Waals surface area (Å²) in [5, 5.41) is 2.42. The Balaban J connectivity index is 1.27. The van der Waals surface area contributed by atoms with Crippen LogP contribution in [0, 0.1) is 6.92 Å². The van der Waals surface area contributed by atoms with E-state index in [0.29, 0.717) is 11.6 Å². The van der Waals surface area contributed by atoms with Gasteiger partial charge in [-0.2, -0.15) is 0 Å². The Morgan fingerprint density at radius 3 is 1.39 bits per heavy atom. The number of hydrogen-bond donors (Lipinski definition) is 0. The van der Waals surface area contributed by atoms with Gasteiger partial charge in [-0.3, -0.25) is 0 Å². The zero-order valence-corrected chi connectivity index (χ0v) is 30.7. The van der Waals surface area contributed by atoms with Crippen LogP contribution in [-0.4, -0.2) is 24.5 Å². The minimum Gasteiger partial charge on any atom is -0.309 e. The van der Waals surface area contributed by atoms with Crippen LogP contribution in [0.25, 0.3) is 95.3 Å². The molecule has 0 unspecified atom stereocenters. The SMILES string of the molecule is Cc1ccc2c(c1)c1ccccc1n2-c1ccc(-c2cc(-c3ccccc3)nc(-c3ccccc3)n2)cc1-c1cc(-c2ccccc2)nc(-c2ccccc2)n1. The van der Waals surface area contributed by atoms with E-state index in [1.165, 1.54) is 16.3 Å². The largest absolute Gasteiger partial charge is 0.309 e. The molecule has 0 bridgehead atoms. The number of fused-ring (bicyclic) bond motifs is 3. The van der Waals surface area contributed by atoms with Gasteiger partial charge in [-0.05, 0) is 49.4 Å². The van der Waals surface area contributed by atoms with Crippen molar-refractivity contribution in [3.05, 3.63) is 200 Å². The highest BCUT2D eigenvalue weighted by Gasteiger charge is 2.20. The predicted octanol–water partition coefficient (Wildman–Crippen LogP) is 12.7. The van der Waals surface area contributed by atoms with E-state index in [0.717, 1.165) is 72.9 Å². The van der Waals surface area contributed by atoms with Crippen LogP contribution in [0.15, 0.2) is 194 Å². The summed E-state index contributed by atoms with van der Waals surface area (Å²) in [5.74, 6) is 1.33. The number of benzene rings is 7. The summed E-state index contributed by atoms with van der Waals surface area (Å²) in [6, 6.07) is 67.2. The van der Waals surface area contributed by atoms with Crippen LogP contribution in [0.5, 0.6) is 0 Å². The van der Waals surface area contributed by atoms with E-state index in [2.05, 4.69) is 145 Å². The molecule has 0 aliphatic carbocycles. The van der Waals surface area contributed by atoms with Crippen LogP contribution < -0.4 is 0 Å². The maximum atomic E-state index is 5.35. The number of rotatable bonds is 7. The molecule has 0 radical (unpaired) electrons. The third-order valence-corrected chi connectivity index (χ3v) is 10.3. The molecule has 0 aliphatic rings. The number of hydrogen-bond acceptors (Lipinski definition) is 4. The third-order valence-electron chi connectivity index (χ3n) is 10.3. The fourth-order valence-electron chi connectivity index (χ4n) is 7.57. The minimum atomic E-state index is 0.663. The van der Waals surface area contributed by atoms with Gasteiger partial charge in [0.1, 0.15) is 0 Å². The number of aromatic nitrogens is 5. The lowest BCUT2D eigenvalue weighted by Crippen LogP contribution is -2.02. The van der Waals surface area contributed by atoms with Gasteiger partial charge in [0.2, 0.25) is 0 Å². The minimum absolute atomic E-state index is 0.663. The molecule has 10 rings (SSSR count). The summed E-state index contributed by atoms with van der Waals surface area (Å²) < 4.78 is 2.38. The molecule has 0 saturated heterocycles. The third kappa shape index (κ3) is 6.11. The molecule has 0 aliphatic heterocycles. The number of para-hydroxylation sites is 1. The first-order chi connectivity index (χ1) is 27.7. The maximum Gasteiger partial charge on any atom is 0.160 e. The summed E-state index contributed by atoms with van der Waals surface area (Å²) in [6.07, 6.45) is 0. The standard InChI is InChI=1S/C51H35N5/c1-34-26-28-48-41(30-34)40-24-14-15-25-47(40)56(48)49-29-27-39(45-32-43(35-16-6-2-7-17-35)52-50(54-45)37-20-10-4-11-21-37)31-42(49)46-33-44(36-18-8-3-9-19-36)53-51(55-46)38-22-12-5-13-23-38/h2-33H,1H3. The summed E-state index contributed by atoms with van der Waals surface area (Å²) >= 11 is 0. The van der Waals surface area contributed by atoms with Gasteiger partial charge in [0, 0.05) is 44.2 Å². The molecule has 5 nitrogen and oxygen atoms in total. The molecular weight excluding hydrogens is 683 g/mol. The van der Waals surface area contributed by atoms with Crippen LogP contribution in [0.3, 0.4) is 0 Å². The Morgan fingerprint density at radius 2 is 0.804 bits per heavy atom. The van der Waals surface area contributed by atoms with Crippen molar-refractivity contribution < 1.29 is 0 Å². The summed E-state index contributed by atoms with van der Waals surface area (Å²) in [4.78, 5) is 20.8. The van der Waals surface area contributed by atoms with Crippen LogP contribution in [0.4, 0.5) is 0 Å². The monoisotopic (exact) mass is 717 g/mol. The topological polar surface area (TPSA) is 56.5 Å². The Hall–Kier alpha value is -7.50. The van der Waals surface area contributed by atoms with E-state index >= 15 is 0 Å². The zero-order chi connectivity index (χ0) is 37.4. The molecule has 0 amide bonds. The van der Waals surface area contributed by atoms with Crippen LogP contribution >= 0.6 is 0 Å². The fourth-order valence-corrected chi connectivity index (χ4v) is 7.57. The van der Waals surface area contributed by atoms with Crippen LogP contribution in [0.1, 0.15) is 5.56 Å². The van der Waals surface area contributed by atoms with Crippen molar-refractivity contribution >= 4 is 21.8 Å². The molecule has 7 aromatic carbocycles. The van der Waals surface area contributed by atoms with E-state index < -0.39 is 0 Å². The molecule has 56 heavy (non-hydrogen) atoms. The molecule has 3 aromatic heterocycles. The Bertz CT molecular complexity index is 2900. The van der Waals surface area contributed by atoms with Crippen molar-refractivity contribution in [2.24, 2.45) is 0 Å². The van der Waals surface area contributed by atoms with E-state index in [9.17, 15) is 0 Å². The summed E-state index contributed by atoms with van der Waals surface area (Å²) in [7, 11) is 0. The first kappa shape index (κ1) is 33.1. The van der Waals surface area contributed by atoms with Gasteiger partial charge < -0.3 is 4.57 Å². The van der Waals surface area contributed by atoms with Gasteiger partial charge in [0.05, 0.1) is 39.5 Å². The smallest absolute Gasteiger partial charge is 0.160 e. The van der Waals surface area contributed by atoms with Gasteiger partial charge in [-0.25, -0.2) is 19.9 Å². The van der Waals surface area contributed by atoms with E-state index in [1.54, 1.807) is 0 Å². The summed E-state index contributed by atoms with van der Waals surface area (Å²) in [6.45, 7) is 2.15. The summed E-state index contributed by atoms with van der Waals surface area (Å²) in [5.41, 5.74) is 13.7. The molecule has 0 spiro atoms. The number of aryl methyl sites for hydroxylation is 1. The van der Waals surface area contributed by atoms with Gasteiger partial charge in [0.15, 0.2) is 11.6 Å². The molecular formula is C51H35N5. The first-order valence-corrected chi connectivity index (χ1v) is 18.8. The Kier molecular flexibility index (Phi) is 8.30. The molecule has 0 atom stereocenters. The first-order valence-electron chi connectivity index (χ1n) is 18.8. The second-order valence-corrected chi connectivity index (χ2v) is 14.0. The van der Waals surface area contributed by atoms with Gasteiger partial charge in [-0.1, -0.05) is 157 Å². The second-order valence-electron chi connectivity index (χ2n) is 14.0. The lowest BCUT2D eigenvalue weighted by atomic mass is 9.99. The van der Waals surface area contributed by atoms with Crippen molar-refractivity contribution in [3.8, 4) is 73.5 Å². The Morgan fingerprint density at radius 1 is 0.339 bits per heavy atom. The van der Waals surface area contributed by atoms with Crippen molar-refractivity contribution in [1.29, 1.82) is 0 Å². The predicted molar refractivity (Wildman–Crippen MR) is 229 cm³/mol. The van der Waals surface area contributed by atoms with E-state index in [1.807, 2.05) is 60.7 Å². The normalized spacial score (nSPS) is 11.3. The average molecular weight is 718 g/mol. The van der Waals surface area contributed by atoms with E-state index in [4.69, 9.17) is 19.9 Å². The second kappa shape index (κ2) is 14.0. The van der Waals surface area contributed by atoms with Crippen molar-refractivity contribution in [1.82, 2.24) is 24.5 Å². The van der Waals surface area contributed by atoms with Gasteiger partial charge in [-0.15, -0.1) is 0 Å². The van der Waals surface area contributed by atoms with Crippen molar-refractivity contribution in [3.63, 3.8) is 0 Å². The maximum absolute atomic E-state index is 5.35. The highest BCUT2D eigenvalue weighted by molar-refractivity contribution is 6.10. The van der Waals surface area contributed by atoms with Gasteiger partial charge in [0.25, 0.3) is 0 Å². The van der Waals surface area contributed by atoms with Crippen molar-refractivity contribution in [2.75, 3.05) is 0 Å². The average Bonchev–Trinajstić information content (AvgIpc) is 3.60. The highest BCUT2D eigenvalue weighted by atomic mass is 15.0. The molecule has 0 fully saturated rings. The number of nitrogens with zero attached hydrogens (tertiary/aromatic N) is 5. The fraction of sp³-hybridized carbons (Fsp3) is 0.0196. The van der Waals surface area contributed by atoms with Crippen LogP contribution in [0.2, 0.25) is 0 Å². The van der Waals surface area contributed by atoms with E-state index in [-0.39, 0.29) is 0 Å². The quantitative estimate of drug-likeness (QED) is 0.165. The van der Waals surface area contributed by atoms with Gasteiger partial charge >= 0.3 is 0 Å². The van der Waals surface area contributed by atoms with Crippen molar-refractivity contribution in [2.45, 2.75) is 6.92 Å². The highest BCUT2D eigenvalue weighted by Crippen LogP contribution is 2.40. The molecule has 0 N–H and O–H groups in total. The molecule has 10 aromatic rings. The lowest BCUT2D eigenvalue weighted by molar-refractivity contribution is 1.15. The molecule has 3 heterocycles. The van der Waals surface area contributed by atoms with Crippen LogP contribution in [-0.2, 0) is 0 Å². The zero-order valence-electron chi connectivity index (χ0n) is 30.7. The molecule has 0 saturated carbocycles.